The van der Waals surface area contributed by atoms with Gasteiger partial charge in [-0.2, -0.15) is 0 Å². The third kappa shape index (κ3) is 3.43. The summed E-state index contributed by atoms with van der Waals surface area (Å²) in [5.74, 6) is -1.57. The second-order valence-corrected chi connectivity index (χ2v) is 5.76. The monoisotopic (exact) mass is 274 g/mol. The molecular weight excluding hydrogens is 259 g/mol. The number of benzene rings is 1. The first-order valence-electron chi connectivity index (χ1n) is 5.37. The third-order valence-corrected chi connectivity index (χ3v) is 3.84. The normalized spacial score (nSPS) is 11.3. The third-order valence-electron chi connectivity index (χ3n) is 2.37. The number of hydrogen-bond acceptors (Lipinski definition) is 3. The van der Waals surface area contributed by atoms with Crippen LogP contribution in [0.2, 0.25) is 0 Å². The number of amides is 1. The van der Waals surface area contributed by atoms with Crippen LogP contribution in [0.5, 0.6) is 0 Å². The van der Waals surface area contributed by atoms with Crippen molar-refractivity contribution < 1.29 is 17.6 Å². The van der Waals surface area contributed by atoms with Crippen molar-refractivity contribution in [3.63, 3.8) is 0 Å². The molecule has 100 valence electrons. The summed E-state index contributed by atoms with van der Waals surface area (Å²) < 4.78 is 39.0. The van der Waals surface area contributed by atoms with Crippen LogP contribution in [0, 0.1) is 12.7 Å². The number of primary amides is 1. The van der Waals surface area contributed by atoms with Gasteiger partial charge in [0.15, 0.2) is 0 Å². The summed E-state index contributed by atoms with van der Waals surface area (Å²) in [6.45, 7) is 3.14. The average Bonchev–Trinajstić information content (AvgIpc) is 2.23. The molecule has 0 aliphatic heterocycles. The molecular formula is C11H15FN2O3S. The standard InChI is InChI=1S/C11H15FN2O3S/c1-3-4-18(16,17)14-10-6-8(11(13)15)5-9(12)7(10)2/h5-6,14H,3-4H2,1-2H3,(H2,13,15). The van der Waals surface area contributed by atoms with Gasteiger partial charge in [0.2, 0.25) is 15.9 Å². The summed E-state index contributed by atoms with van der Waals surface area (Å²) >= 11 is 0. The average molecular weight is 274 g/mol. The van der Waals surface area contributed by atoms with Gasteiger partial charge in [-0.25, -0.2) is 12.8 Å². The number of hydrogen-bond donors (Lipinski definition) is 2. The molecule has 0 unspecified atom stereocenters. The van der Waals surface area contributed by atoms with Crippen LogP contribution >= 0.6 is 0 Å². The Bertz CT molecular complexity index is 570. The van der Waals surface area contributed by atoms with Gasteiger partial charge >= 0.3 is 0 Å². The minimum absolute atomic E-state index is 0.0391. The van der Waals surface area contributed by atoms with Crippen LogP contribution in [0.3, 0.4) is 0 Å². The first kappa shape index (κ1) is 14.4. The first-order valence-corrected chi connectivity index (χ1v) is 7.02. The van der Waals surface area contributed by atoms with E-state index in [1.54, 1.807) is 6.92 Å². The zero-order valence-electron chi connectivity index (χ0n) is 10.2. The number of nitrogens with two attached hydrogens (primary N) is 1. The fourth-order valence-electron chi connectivity index (χ4n) is 1.41. The summed E-state index contributed by atoms with van der Waals surface area (Å²) in [7, 11) is -3.54. The van der Waals surface area contributed by atoms with E-state index in [2.05, 4.69) is 4.72 Å². The summed E-state index contributed by atoms with van der Waals surface area (Å²) in [6, 6.07) is 2.21. The summed E-state index contributed by atoms with van der Waals surface area (Å²) in [4.78, 5) is 11.0. The van der Waals surface area contributed by atoms with Crippen molar-refractivity contribution in [3.05, 3.63) is 29.1 Å². The first-order chi connectivity index (χ1) is 8.26. The van der Waals surface area contributed by atoms with E-state index in [0.29, 0.717) is 6.42 Å². The molecule has 0 bridgehead atoms. The van der Waals surface area contributed by atoms with Gasteiger partial charge in [-0.15, -0.1) is 0 Å². The molecule has 0 saturated heterocycles. The number of carbonyl (C=O) groups excluding carboxylic acids is 1. The van der Waals surface area contributed by atoms with Gasteiger partial charge in [-0.05, 0) is 25.5 Å². The van der Waals surface area contributed by atoms with Crippen molar-refractivity contribution in [2.45, 2.75) is 20.3 Å². The predicted molar refractivity (Wildman–Crippen MR) is 67.4 cm³/mol. The van der Waals surface area contributed by atoms with Crippen LogP contribution in [0.15, 0.2) is 12.1 Å². The predicted octanol–water partition coefficient (Wildman–Crippen LogP) is 1.38. The Balaban J connectivity index is 3.20. The van der Waals surface area contributed by atoms with Crippen LogP contribution < -0.4 is 10.5 Å². The van der Waals surface area contributed by atoms with Gasteiger partial charge in [0.25, 0.3) is 0 Å². The molecule has 7 heteroatoms. The van der Waals surface area contributed by atoms with E-state index in [1.807, 2.05) is 0 Å². The fraction of sp³-hybridized carbons (Fsp3) is 0.364. The Hall–Kier alpha value is -1.63. The summed E-state index contributed by atoms with van der Waals surface area (Å²) in [5.41, 5.74) is 5.13. The molecule has 1 aromatic rings. The summed E-state index contributed by atoms with van der Waals surface area (Å²) in [5, 5.41) is 0. The highest BCUT2D eigenvalue weighted by molar-refractivity contribution is 7.92. The molecule has 3 N–H and O–H groups in total. The van der Waals surface area contributed by atoms with Crippen molar-refractivity contribution in [2.75, 3.05) is 10.5 Å². The van der Waals surface area contributed by atoms with Gasteiger partial charge in [0, 0.05) is 11.1 Å². The molecule has 0 fully saturated rings. The zero-order chi connectivity index (χ0) is 13.9. The molecule has 5 nitrogen and oxygen atoms in total. The molecule has 0 saturated carbocycles. The molecule has 1 rings (SSSR count). The lowest BCUT2D eigenvalue weighted by Crippen LogP contribution is -2.18. The van der Waals surface area contributed by atoms with Gasteiger partial charge in [-0.3, -0.25) is 9.52 Å². The number of rotatable bonds is 5. The lowest BCUT2D eigenvalue weighted by molar-refractivity contribution is 0.1000. The van der Waals surface area contributed by atoms with Gasteiger partial charge < -0.3 is 5.73 Å². The SMILES string of the molecule is CCCS(=O)(=O)Nc1cc(C(N)=O)cc(F)c1C. The Kier molecular flexibility index (Phi) is 4.28. The highest BCUT2D eigenvalue weighted by atomic mass is 32.2. The molecule has 1 aromatic carbocycles. The molecule has 18 heavy (non-hydrogen) atoms. The van der Waals surface area contributed by atoms with E-state index >= 15 is 0 Å². The highest BCUT2D eigenvalue weighted by Gasteiger charge is 2.15. The molecule has 0 aliphatic rings. The Labute approximate surface area is 105 Å². The van der Waals surface area contributed by atoms with E-state index < -0.39 is 21.7 Å². The summed E-state index contributed by atoms with van der Waals surface area (Å²) in [6.07, 6.45) is 0.437. The van der Waals surface area contributed by atoms with Crippen molar-refractivity contribution >= 4 is 21.6 Å². The van der Waals surface area contributed by atoms with Crippen molar-refractivity contribution in [1.82, 2.24) is 0 Å². The number of nitrogens with one attached hydrogen (secondary N) is 1. The Morgan fingerprint density at radius 1 is 1.44 bits per heavy atom. The van der Waals surface area contributed by atoms with E-state index in [4.69, 9.17) is 5.73 Å². The molecule has 1 amide bonds. The maximum absolute atomic E-state index is 13.5. The largest absolute Gasteiger partial charge is 0.366 e. The van der Waals surface area contributed by atoms with E-state index in [-0.39, 0.29) is 22.6 Å². The minimum atomic E-state index is -3.54. The second kappa shape index (κ2) is 5.34. The van der Waals surface area contributed by atoms with E-state index in [0.717, 1.165) is 6.07 Å². The van der Waals surface area contributed by atoms with Crippen molar-refractivity contribution in [1.29, 1.82) is 0 Å². The quantitative estimate of drug-likeness (QED) is 0.850. The van der Waals surface area contributed by atoms with Crippen LogP contribution in [0.1, 0.15) is 29.3 Å². The molecule has 0 aliphatic carbocycles. The lowest BCUT2D eigenvalue weighted by atomic mass is 10.1. The van der Waals surface area contributed by atoms with Crippen LogP contribution in [-0.4, -0.2) is 20.1 Å². The van der Waals surface area contributed by atoms with Gasteiger partial charge in [-0.1, -0.05) is 6.92 Å². The molecule has 0 atom stereocenters. The Morgan fingerprint density at radius 3 is 2.56 bits per heavy atom. The highest BCUT2D eigenvalue weighted by Crippen LogP contribution is 2.21. The fourth-order valence-corrected chi connectivity index (χ4v) is 2.60. The van der Waals surface area contributed by atoms with Crippen molar-refractivity contribution in [2.24, 2.45) is 5.73 Å². The lowest BCUT2D eigenvalue weighted by Gasteiger charge is -2.11. The smallest absolute Gasteiger partial charge is 0.248 e. The number of halogens is 1. The van der Waals surface area contributed by atoms with Crippen LogP contribution in [-0.2, 0) is 10.0 Å². The second-order valence-electron chi connectivity index (χ2n) is 3.92. The van der Waals surface area contributed by atoms with E-state index in [1.165, 1.54) is 13.0 Å². The molecule has 0 spiro atoms. The molecule has 0 radical (unpaired) electrons. The van der Waals surface area contributed by atoms with Gasteiger partial charge in [0.1, 0.15) is 5.82 Å². The maximum atomic E-state index is 13.5. The molecule has 0 heterocycles. The topological polar surface area (TPSA) is 89.3 Å². The van der Waals surface area contributed by atoms with E-state index in [9.17, 15) is 17.6 Å². The zero-order valence-corrected chi connectivity index (χ0v) is 11.0. The van der Waals surface area contributed by atoms with Crippen molar-refractivity contribution in [3.8, 4) is 0 Å². The van der Waals surface area contributed by atoms with Crippen LogP contribution in [0.4, 0.5) is 10.1 Å². The van der Waals surface area contributed by atoms with Crippen LogP contribution in [0.25, 0.3) is 0 Å². The number of carbonyl (C=O) groups is 1. The maximum Gasteiger partial charge on any atom is 0.248 e. The number of sulfonamides is 1. The van der Waals surface area contributed by atoms with Gasteiger partial charge in [0.05, 0.1) is 11.4 Å². The Morgan fingerprint density at radius 2 is 2.06 bits per heavy atom. The minimum Gasteiger partial charge on any atom is -0.366 e. The molecule has 0 aromatic heterocycles. The number of anilines is 1.